The maximum atomic E-state index is 6.26. The van der Waals surface area contributed by atoms with Gasteiger partial charge in [-0.15, -0.1) is 0 Å². The van der Waals surface area contributed by atoms with Crippen LogP contribution in [0.5, 0.6) is 0 Å². The second-order valence-corrected chi connectivity index (χ2v) is 9.86. The number of nitrogens with zero attached hydrogens (tertiary/aromatic N) is 2. The van der Waals surface area contributed by atoms with E-state index in [0.29, 0.717) is 7.48 Å². The molecule has 0 radical (unpaired) electrons. The molecule has 0 amide bonds. The molecule has 2 rings (SSSR count). The van der Waals surface area contributed by atoms with Crippen molar-refractivity contribution in [1.82, 2.24) is 4.90 Å². The van der Waals surface area contributed by atoms with Crippen LogP contribution in [0, 0.1) is 5.41 Å². The molecular weight excluding hydrogens is 307 g/mol. The smallest absolute Gasteiger partial charge is 0.309 e. The minimum Gasteiger partial charge on any atom is -0.429 e. The Labute approximate surface area is 156 Å². The molecule has 0 aliphatic carbocycles. The van der Waals surface area contributed by atoms with Gasteiger partial charge in [0.05, 0.1) is 5.60 Å². The van der Waals surface area contributed by atoms with Crippen LogP contribution >= 0.6 is 0 Å². The standard InChI is InChI=1S/C21H37BN2O/c1-19(2,3)21(7,8)25-22-17-10-9-11-18(16-17)23-12-14-24(15-13-23)20(4,5)6/h9-11,16,22H,12-15H2,1-8H3. The molecule has 1 aliphatic heterocycles. The molecule has 3 nitrogen and oxygen atoms in total. The van der Waals surface area contributed by atoms with Crippen molar-refractivity contribution in [2.75, 3.05) is 31.1 Å². The van der Waals surface area contributed by atoms with Gasteiger partial charge < -0.3 is 9.55 Å². The van der Waals surface area contributed by atoms with E-state index in [1.807, 2.05) is 0 Å². The Hall–Kier alpha value is -0.995. The Bertz CT molecular complexity index is 564. The molecule has 0 saturated carbocycles. The van der Waals surface area contributed by atoms with Crippen LogP contribution in [0.4, 0.5) is 5.69 Å². The number of piperazine rings is 1. The first-order valence-electron chi connectivity index (χ1n) is 9.63. The first-order valence-corrected chi connectivity index (χ1v) is 9.63. The quantitative estimate of drug-likeness (QED) is 0.779. The van der Waals surface area contributed by atoms with Crippen LogP contribution in [-0.4, -0.2) is 49.7 Å². The lowest BCUT2D eigenvalue weighted by Crippen LogP contribution is -2.53. The van der Waals surface area contributed by atoms with E-state index in [9.17, 15) is 0 Å². The van der Waals surface area contributed by atoms with Crippen molar-refractivity contribution in [2.24, 2.45) is 5.41 Å². The minimum atomic E-state index is -0.151. The number of hydrogen-bond acceptors (Lipinski definition) is 3. The molecule has 1 aromatic carbocycles. The summed E-state index contributed by atoms with van der Waals surface area (Å²) in [6.45, 7) is 22.4. The predicted octanol–water partition coefficient (Wildman–Crippen LogP) is 3.43. The summed E-state index contributed by atoms with van der Waals surface area (Å²) in [5.74, 6) is 0. The number of benzene rings is 1. The predicted molar refractivity (Wildman–Crippen MR) is 111 cm³/mol. The van der Waals surface area contributed by atoms with Gasteiger partial charge in [-0.05, 0) is 52.2 Å². The second kappa shape index (κ2) is 7.32. The van der Waals surface area contributed by atoms with E-state index < -0.39 is 0 Å². The van der Waals surface area contributed by atoms with Gasteiger partial charge >= 0.3 is 7.48 Å². The fourth-order valence-corrected chi connectivity index (χ4v) is 2.96. The first-order chi connectivity index (χ1) is 11.4. The van der Waals surface area contributed by atoms with Crippen molar-refractivity contribution in [2.45, 2.75) is 66.5 Å². The fourth-order valence-electron chi connectivity index (χ4n) is 2.96. The third-order valence-corrected chi connectivity index (χ3v) is 5.91. The summed E-state index contributed by atoms with van der Waals surface area (Å²) in [5, 5.41) is 0. The SMILES string of the molecule is CC(C)(C)N1CCN(c2cccc(BOC(C)(C)C(C)(C)C)c2)CC1. The molecule has 0 bridgehead atoms. The number of hydrogen-bond donors (Lipinski definition) is 0. The zero-order valence-corrected chi connectivity index (χ0v) is 17.6. The number of anilines is 1. The van der Waals surface area contributed by atoms with Crippen LogP contribution in [0.15, 0.2) is 24.3 Å². The molecule has 0 aromatic heterocycles. The Morgan fingerprint density at radius 3 is 2.00 bits per heavy atom. The van der Waals surface area contributed by atoms with Gasteiger partial charge in [-0.1, -0.05) is 38.4 Å². The molecule has 0 unspecified atom stereocenters. The van der Waals surface area contributed by atoms with Gasteiger partial charge in [0.15, 0.2) is 0 Å². The molecule has 0 atom stereocenters. The Morgan fingerprint density at radius 2 is 1.48 bits per heavy atom. The molecule has 4 heteroatoms. The molecule has 1 aliphatic rings. The molecule has 140 valence electrons. The molecule has 0 spiro atoms. The zero-order valence-electron chi connectivity index (χ0n) is 17.6. The summed E-state index contributed by atoms with van der Waals surface area (Å²) in [5.41, 5.74) is 2.81. The van der Waals surface area contributed by atoms with Crippen LogP contribution in [0.2, 0.25) is 0 Å². The van der Waals surface area contributed by atoms with E-state index in [-0.39, 0.29) is 16.6 Å². The molecule has 1 aromatic rings. The maximum Gasteiger partial charge on any atom is 0.309 e. The summed E-state index contributed by atoms with van der Waals surface area (Å²) < 4.78 is 6.26. The summed E-state index contributed by atoms with van der Waals surface area (Å²) in [4.78, 5) is 5.07. The highest BCUT2D eigenvalue weighted by Crippen LogP contribution is 2.32. The third kappa shape index (κ3) is 5.24. The lowest BCUT2D eigenvalue weighted by molar-refractivity contribution is 0.00504. The first kappa shape index (κ1) is 20.3. The van der Waals surface area contributed by atoms with Crippen LogP contribution < -0.4 is 10.4 Å². The highest BCUT2D eigenvalue weighted by molar-refractivity contribution is 6.47. The number of rotatable bonds is 4. The monoisotopic (exact) mass is 344 g/mol. The highest BCUT2D eigenvalue weighted by atomic mass is 16.5. The molecule has 1 heterocycles. The average Bonchev–Trinajstić information content (AvgIpc) is 2.51. The Balaban J connectivity index is 1.98. The normalized spacial score (nSPS) is 17.7. The Kier molecular flexibility index (Phi) is 5.95. The average molecular weight is 344 g/mol. The van der Waals surface area contributed by atoms with Gasteiger partial charge in [0.1, 0.15) is 0 Å². The van der Waals surface area contributed by atoms with Gasteiger partial charge in [0.2, 0.25) is 0 Å². The van der Waals surface area contributed by atoms with E-state index in [1.165, 1.54) is 11.2 Å². The Morgan fingerprint density at radius 1 is 0.880 bits per heavy atom. The molecular formula is C21H37BN2O. The molecule has 1 saturated heterocycles. The second-order valence-electron chi connectivity index (χ2n) is 9.86. The van der Waals surface area contributed by atoms with Crippen molar-refractivity contribution < 1.29 is 4.65 Å². The third-order valence-electron chi connectivity index (χ3n) is 5.91. The van der Waals surface area contributed by atoms with Gasteiger partial charge in [-0.25, -0.2) is 0 Å². The zero-order chi connectivity index (χ0) is 18.9. The maximum absolute atomic E-state index is 6.26. The van der Waals surface area contributed by atoms with Crippen LogP contribution in [0.1, 0.15) is 55.4 Å². The summed E-state index contributed by atoms with van der Waals surface area (Å²) >= 11 is 0. The fraction of sp³-hybridized carbons (Fsp3) is 0.714. The lowest BCUT2D eigenvalue weighted by atomic mass is 9.76. The summed E-state index contributed by atoms with van der Waals surface area (Å²) in [6, 6.07) is 8.86. The van der Waals surface area contributed by atoms with Crippen LogP contribution in [-0.2, 0) is 4.65 Å². The van der Waals surface area contributed by atoms with E-state index in [1.54, 1.807) is 0 Å². The van der Waals surface area contributed by atoms with Gasteiger partial charge in [-0.3, -0.25) is 4.90 Å². The lowest BCUT2D eigenvalue weighted by Gasteiger charge is -2.43. The van der Waals surface area contributed by atoms with Gasteiger partial charge in [0, 0.05) is 37.4 Å². The van der Waals surface area contributed by atoms with E-state index >= 15 is 0 Å². The summed E-state index contributed by atoms with van der Waals surface area (Å²) in [6.07, 6.45) is 0. The summed E-state index contributed by atoms with van der Waals surface area (Å²) in [7, 11) is 0.667. The highest BCUT2D eigenvalue weighted by Gasteiger charge is 2.33. The largest absolute Gasteiger partial charge is 0.429 e. The van der Waals surface area contributed by atoms with Crippen LogP contribution in [0.25, 0.3) is 0 Å². The van der Waals surface area contributed by atoms with E-state index in [4.69, 9.17) is 4.65 Å². The van der Waals surface area contributed by atoms with Gasteiger partial charge in [-0.2, -0.15) is 0 Å². The van der Waals surface area contributed by atoms with Crippen molar-refractivity contribution in [3.8, 4) is 0 Å². The van der Waals surface area contributed by atoms with Gasteiger partial charge in [0.25, 0.3) is 0 Å². The van der Waals surface area contributed by atoms with E-state index in [0.717, 1.165) is 26.2 Å². The molecule has 0 N–H and O–H groups in total. The van der Waals surface area contributed by atoms with Crippen molar-refractivity contribution in [1.29, 1.82) is 0 Å². The molecule has 1 fully saturated rings. The molecule has 25 heavy (non-hydrogen) atoms. The van der Waals surface area contributed by atoms with Crippen LogP contribution in [0.3, 0.4) is 0 Å². The van der Waals surface area contributed by atoms with Crippen molar-refractivity contribution >= 4 is 18.6 Å². The minimum absolute atomic E-state index is 0.119. The topological polar surface area (TPSA) is 15.7 Å². The van der Waals surface area contributed by atoms with Crippen molar-refractivity contribution in [3.05, 3.63) is 24.3 Å². The van der Waals surface area contributed by atoms with E-state index in [2.05, 4.69) is 89.5 Å². The van der Waals surface area contributed by atoms with Crippen molar-refractivity contribution in [3.63, 3.8) is 0 Å².